The molecule has 0 unspecified atom stereocenters. The minimum absolute atomic E-state index is 0.181. The Morgan fingerprint density at radius 2 is 1.32 bits per heavy atom. The van der Waals surface area contributed by atoms with Crippen molar-refractivity contribution < 1.29 is 23.8 Å². The Balaban J connectivity index is 1.52. The Bertz CT molecular complexity index is 976. The number of rotatable bonds is 8. The molecule has 31 heavy (non-hydrogen) atoms. The molecule has 0 atom stereocenters. The molecular weight excluding hydrogens is 396 g/mol. The number of likely N-dealkylation sites (tertiary alicyclic amines) is 1. The molecule has 0 spiro atoms. The summed E-state index contributed by atoms with van der Waals surface area (Å²) < 4.78 is 16.1. The van der Waals surface area contributed by atoms with Gasteiger partial charge in [0.2, 0.25) is 0 Å². The molecule has 2 heterocycles. The molecular formula is C24H26N2O5. The van der Waals surface area contributed by atoms with E-state index >= 15 is 0 Å². The minimum Gasteiger partial charge on any atom is -0.497 e. The number of hydrogen-bond acceptors (Lipinski definition) is 6. The van der Waals surface area contributed by atoms with Crippen molar-refractivity contribution in [1.82, 2.24) is 9.80 Å². The maximum atomic E-state index is 13.3. The first kappa shape index (κ1) is 20.8. The van der Waals surface area contributed by atoms with E-state index in [4.69, 9.17) is 14.2 Å². The van der Waals surface area contributed by atoms with E-state index in [0.29, 0.717) is 22.8 Å². The van der Waals surface area contributed by atoms with Gasteiger partial charge in [-0.05, 0) is 54.8 Å². The van der Waals surface area contributed by atoms with Gasteiger partial charge in [0.05, 0.1) is 26.3 Å². The van der Waals surface area contributed by atoms with E-state index in [1.165, 1.54) is 4.90 Å². The van der Waals surface area contributed by atoms with Crippen LogP contribution in [0.25, 0.3) is 5.57 Å². The Morgan fingerprint density at radius 3 is 1.90 bits per heavy atom. The molecule has 2 aliphatic rings. The summed E-state index contributed by atoms with van der Waals surface area (Å²) >= 11 is 0. The van der Waals surface area contributed by atoms with Crippen molar-refractivity contribution in [2.45, 2.75) is 12.8 Å². The maximum Gasteiger partial charge on any atom is 0.277 e. The average molecular weight is 422 g/mol. The number of nitrogens with zero attached hydrogens (tertiary/aromatic N) is 2. The van der Waals surface area contributed by atoms with Crippen LogP contribution in [0, 0.1) is 0 Å². The van der Waals surface area contributed by atoms with Gasteiger partial charge in [-0.25, -0.2) is 0 Å². The summed E-state index contributed by atoms with van der Waals surface area (Å²) in [5.74, 6) is 1.56. The highest BCUT2D eigenvalue weighted by Gasteiger charge is 2.41. The van der Waals surface area contributed by atoms with Crippen LogP contribution in [0.2, 0.25) is 0 Å². The van der Waals surface area contributed by atoms with Crippen LogP contribution in [-0.2, 0) is 9.59 Å². The molecule has 162 valence electrons. The van der Waals surface area contributed by atoms with E-state index in [-0.39, 0.29) is 25.0 Å². The van der Waals surface area contributed by atoms with Gasteiger partial charge >= 0.3 is 0 Å². The van der Waals surface area contributed by atoms with E-state index in [9.17, 15) is 9.59 Å². The summed E-state index contributed by atoms with van der Waals surface area (Å²) in [6, 6.07) is 14.5. The van der Waals surface area contributed by atoms with Crippen LogP contribution >= 0.6 is 0 Å². The predicted molar refractivity (Wildman–Crippen MR) is 116 cm³/mol. The second-order valence-electron chi connectivity index (χ2n) is 7.43. The lowest BCUT2D eigenvalue weighted by atomic mass is 10.0. The van der Waals surface area contributed by atoms with E-state index in [0.717, 1.165) is 37.2 Å². The molecule has 7 heteroatoms. The SMILES string of the molecule is COc1ccc(OCCN2C(=O)C(c3ccc(OC)cc3)=C(N3CCCC3)C2=O)cc1. The first-order chi connectivity index (χ1) is 15.1. The normalized spacial score (nSPS) is 16.3. The lowest BCUT2D eigenvalue weighted by molar-refractivity contribution is -0.137. The lowest BCUT2D eigenvalue weighted by Gasteiger charge is -2.20. The fraction of sp³-hybridized carbons (Fsp3) is 0.333. The Morgan fingerprint density at radius 1 is 0.774 bits per heavy atom. The molecule has 4 rings (SSSR count). The third-order valence-corrected chi connectivity index (χ3v) is 5.59. The zero-order valence-electron chi connectivity index (χ0n) is 17.8. The van der Waals surface area contributed by atoms with E-state index in [2.05, 4.69) is 0 Å². The maximum absolute atomic E-state index is 13.3. The number of benzene rings is 2. The molecule has 0 radical (unpaired) electrons. The number of carbonyl (C=O) groups is 2. The van der Waals surface area contributed by atoms with Gasteiger partial charge in [0.15, 0.2) is 0 Å². The van der Waals surface area contributed by atoms with Crippen LogP contribution in [0.15, 0.2) is 54.2 Å². The highest BCUT2D eigenvalue weighted by molar-refractivity contribution is 6.35. The fourth-order valence-corrected chi connectivity index (χ4v) is 3.95. The summed E-state index contributed by atoms with van der Waals surface area (Å²) in [5.41, 5.74) is 1.68. The van der Waals surface area contributed by atoms with Crippen LogP contribution < -0.4 is 14.2 Å². The van der Waals surface area contributed by atoms with Crippen molar-refractivity contribution in [3.05, 3.63) is 59.8 Å². The molecule has 0 aromatic heterocycles. The van der Waals surface area contributed by atoms with Gasteiger partial charge in [0.25, 0.3) is 11.8 Å². The van der Waals surface area contributed by atoms with Crippen molar-refractivity contribution in [1.29, 1.82) is 0 Å². The van der Waals surface area contributed by atoms with Crippen LogP contribution in [-0.4, -0.2) is 62.1 Å². The van der Waals surface area contributed by atoms with Crippen LogP contribution in [0.1, 0.15) is 18.4 Å². The number of imide groups is 1. The van der Waals surface area contributed by atoms with Crippen molar-refractivity contribution in [3.63, 3.8) is 0 Å². The lowest BCUT2D eigenvalue weighted by Crippen LogP contribution is -2.37. The minimum atomic E-state index is -0.282. The van der Waals surface area contributed by atoms with Gasteiger partial charge in [-0.15, -0.1) is 0 Å². The van der Waals surface area contributed by atoms with Crippen molar-refractivity contribution in [3.8, 4) is 17.2 Å². The third-order valence-electron chi connectivity index (χ3n) is 5.59. The summed E-state index contributed by atoms with van der Waals surface area (Å²) in [5, 5.41) is 0. The quantitative estimate of drug-likeness (QED) is 0.610. The standard InChI is InChI=1S/C24H26N2O5/c1-29-18-7-5-17(6-8-18)21-22(25-13-3-4-14-25)24(28)26(23(21)27)15-16-31-20-11-9-19(30-2)10-12-20/h5-12H,3-4,13-16H2,1-2H3. The predicted octanol–water partition coefficient (Wildman–Crippen LogP) is 2.96. The number of hydrogen-bond donors (Lipinski definition) is 0. The largest absolute Gasteiger partial charge is 0.497 e. The third kappa shape index (κ3) is 4.21. The second kappa shape index (κ2) is 9.12. The van der Waals surface area contributed by atoms with Gasteiger partial charge in [0, 0.05) is 13.1 Å². The van der Waals surface area contributed by atoms with Crippen LogP contribution in [0.4, 0.5) is 0 Å². The molecule has 0 N–H and O–H groups in total. The summed E-state index contributed by atoms with van der Waals surface area (Å²) in [7, 11) is 3.20. The molecule has 0 aliphatic carbocycles. The molecule has 2 amide bonds. The van der Waals surface area contributed by atoms with Gasteiger partial charge in [-0.2, -0.15) is 0 Å². The first-order valence-electron chi connectivity index (χ1n) is 10.4. The number of methoxy groups -OCH3 is 2. The molecule has 0 saturated carbocycles. The van der Waals surface area contributed by atoms with E-state index in [1.807, 2.05) is 17.0 Å². The highest BCUT2D eigenvalue weighted by Crippen LogP contribution is 2.34. The number of amides is 2. The van der Waals surface area contributed by atoms with Crippen LogP contribution in [0.5, 0.6) is 17.2 Å². The average Bonchev–Trinajstić information content (AvgIpc) is 3.41. The van der Waals surface area contributed by atoms with E-state index < -0.39 is 0 Å². The van der Waals surface area contributed by atoms with Gasteiger partial charge in [-0.3, -0.25) is 14.5 Å². The van der Waals surface area contributed by atoms with Crippen molar-refractivity contribution >= 4 is 17.4 Å². The number of ether oxygens (including phenoxy) is 3. The second-order valence-corrected chi connectivity index (χ2v) is 7.43. The van der Waals surface area contributed by atoms with E-state index in [1.54, 1.807) is 50.6 Å². The molecule has 2 aromatic carbocycles. The Hall–Kier alpha value is -3.48. The smallest absolute Gasteiger partial charge is 0.277 e. The van der Waals surface area contributed by atoms with Gasteiger partial charge < -0.3 is 19.1 Å². The summed E-state index contributed by atoms with van der Waals surface area (Å²) in [6.45, 7) is 1.96. The molecule has 1 fully saturated rings. The molecule has 1 saturated heterocycles. The van der Waals surface area contributed by atoms with Crippen molar-refractivity contribution in [2.24, 2.45) is 0 Å². The highest BCUT2D eigenvalue weighted by atomic mass is 16.5. The van der Waals surface area contributed by atoms with Gasteiger partial charge in [-0.1, -0.05) is 12.1 Å². The Kier molecular flexibility index (Phi) is 6.11. The topological polar surface area (TPSA) is 68.3 Å². The van der Waals surface area contributed by atoms with Crippen molar-refractivity contribution in [2.75, 3.05) is 40.5 Å². The zero-order chi connectivity index (χ0) is 21.8. The molecule has 2 aromatic rings. The zero-order valence-corrected chi connectivity index (χ0v) is 17.8. The first-order valence-corrected chi connectivity index (χ1v) is 10.4. The Labute approximate surface area is 181 Å². The molecule has 7 nitrogen and oxygen atoms in total. The summed E-state index contributed by atoms with van der Waals surface area (Å²) in [6.07, 6.45) is 2.03. The fourth-order valence-electron chi connectivity index (χ4n) is 3.95. The number of carbonyl (C=O) groups excluding carboxylic acids is 2. The summed E-state index contributed by atoms with van der Waals surface area (Å²) in [4.78, 5) is 29.8. The van der Waals surface area contributed by atoms with Gasteiger partial charge in [0.1, 0.15) is 29.6 Å². The monoisotopic (exact) mass is 422 g/mol. The van der Waals surface area contributed by atoms with Crippen LogP contribution in [0.3, 0.4) is 0 Å². The molecule has 0 bridgehead atoms. The molecule has 2 aliphatic heterocycles.